The molecule has 4 heterocycles. The van der Waals surface area contributed by atoms with Gasteiger partial charge < -0.3 is 4.57 Å². The first kappa shape index (κ1) is 20.8. The summed E-state index contributed by atoms with van der Waals surface area (Å²) < 4.78 is 6.12. The number of aromatic nitrogens is 6. The molecule has 0 unspecified atom stereocenters. The molecule has 4 aromatic heterocycles. The number of rotatable bonds is 5. The molecule has 0 bridgehead atoms. The minimum absolute atomic E-state index is 0.0815. The molecule has 1 aromatic carbocycles. The van der Waals surface area contributed by atoms with Crippen LogP contribution >= 0.6 is 11.3 Å². The summed E-state index contributed by atoms with van der Waals surface area (Å²) in [7, 11) is 0. The lowest BCUT2D eigenvalue weighted by atomic mass is 10.2. The molecule has 0 amide bonds. The molecule has 1 fully saturated rings. The van der Waals surface area contributed by atoms with Crippen molar-refractivity contribution in [3.63, 3.8) is 0 Å². The molecule has 1 saturated carbocycles. The molecule has 0 radical (unpaired) electrons. The summed E-state index contributed by atoms with van der Waals surface area (Å²) in [6, 6.07) is 11.2. The Hall–Kier alpha value is -3.79. The molecular weight excluding hydrogens is 452 g/mol. The summed E-state index contributed by atoms with van der Waals surface area (Å²) in [4.78, 5) is 49.3. The highest BCUT2D eigenvalue weighted by atomic mass is 32.1. The first-order chi connectivity index (χ1) is 16.6. The lowest BCUT2D eigenvalue weighted by Gasteiger charge is -2.15. The van der Waals surface area contributed by atoms with Gasteiger partial charge in [0.2, 0.25) is 0 Å². The summed E-state index contributed by atoms with van der Waals surface area (Å²) in [6.45, 7) is 0.208. The van der Waals surface area contributed by atoms with E-state index in [2.05, 4.69) is 9.97 Å². The van der Waals surface area contributed by atoms with Crippen LogP contribution in [0.25, 0.3) is 16.1 Å². The van der Waals surface area contributed by atoms with Crippen LogP contribution < -0.4 is 16.8 Å². The number of hydrogen-bond acceptors (Lipinski definition) is 6. The number of thiazole rings is 1. The number of fused-ring (bicyclic) bond motifs is 2. The van der Waals surface area contributed by atoms with Gasteiger partial charge in [0.15, 0.2) is 16.1 Å². The SMILES string of the molecule is O=c1c2c(ncn2C2CCCC2)n(Cc2ccccc2)c(=O)n1Cc1cc(=O)n2ccsc2n1. The smallest absolute Gasteiger partial charge is 0.322 e. The van der Waals surface area contributed by atoms with E-state index in [1.807, 2.05) is 34.9 Å². The molecule has 9 nitrogen and oxygen atoms in total. The average Bonchev–Trinajstić information content (AvgIpc) is 3.60. The number of benzene rings is 1. The molecule has 0 atom stereocenters. The standard InChI is InChI=1S/C24H22N6O3S/c31-19-12-17(26-23-27(19)10-11-34-23)14-29-22(32)20-21(25-15-30(20)18-8-4-5-9-18)28(24(29)33)13-16-6-2-1-3-7-16/h1-3,6-7,10-12,15,18H,4-5,8-9,13-14H2. The van der Waals surface area contributed by atoms with Gasteiger partial charge in [0.05, 0.1) is 25.1 Å². The van der Waals surface area contributed by atoms with Crippen LogP contribution in [0.2, 0.25) is 0 Å². The summed E-state index contributed by atoms with van der Waals surface area (Å²) >= 11 is 1.33. The third-order valence-corrected chi connectivity index (χ3v) is 7.27. The normalized spacial score (nSPS) is 14.5. The fraction of sp³-hybridized carbons (Fsp3) is 0.292. The molecule has 1 aliphatic carbocycles. The topological polar surface area (TPSA) is 96.2 Å². The molecule has 0 N–H and O–H groups in total. The van der Waals surface area contributed by atoms with Crippen molar-refractivity contribution in [1.82, 2.24) is 28.1 Å². The maximum Gasteiger partial charge on any atom is 0.333 e. The van der Waals surface area contributed by atoms with Crippen LogP contribution in [0.4, 0.5) is 0 Å². The van der Waals surface area contributed by atoms with Gasteiger partial charge in [-0.2, -0.15) is 0 Å². The highest BCUT2D eigenvalue weighted by Gasteiger charge is 2.24. The van der Waals surface area contributed by atoms with Crippen LogP contribution in [0.15, 0.2) is 68.7 Å². The zero-order valence-electron chi connectivity index (χ0n) is 18.3. The van der Waals surface area contributed by atoms with Gasteiger partial charge in [0.1, 0.15) is 0 Å². The van der Waals surface area contributed by atoms with E-state index in [-0.39, 0.29) is 24.7 Å². The second-order valence-electron chi connectivity index (χ2n) is 8.65. The molecule has 0 spiro atoms. The summed E-state index contributed by atoms with van der Waals surface area (Å²) in [5.74, 6) is 0. The van der Waals surface area contributed by atoms with Gasteiger partial charge in [-0.15, -0.1) is 11.3 Å². The summed E-state index contributed by atoms with van der Waals surface area (Å²) in [5, 5.41) is 1.78. The van der Waals surface area contributed by atoms with Crippen molar-refractivity contribution in [2.24, 2.45) is 0 Å². The lowest BCUT2D eigenvalue weighted by molar-refractivity contribution is 0.527. The van der Waals surface area contributed by atoms with Crippen LogP contribution in [-0.4, -0.2) is 28.1 Å². The minimum Gasteiger partial charge on any atom is -0.322 e. The Kier molecular flexibility index (Phi) is 5.02. The van der Waals surface area contributed by atoms with Crippen molar-refractivity contribution in [1.29, 1.82) is 0 Å². The highest BCUT2D eigenvalue weighted by Crippen LogP contribution is 2.31. The van der Waals surface area contributed by atoms with E-state index in [4.69, 9.17) is 0 Å². The molecule has 10 heteroatoms. The molecule has 6 rings (SSSR count). The quantitative estimate of drug-likeness (QED) is 0.390. The number of hydrogen-bond donors (Lipinski definition) is 0. The second kappa shape index (κ2) is 8.21. The van der Waals surface area contributed by atoms with Crippen molar-refractivity contribution < 1.29 is 0 Å². The van der Waals surface area contributed by atoms with Crippen LogP contribution in [0.3, 0.4) is 0 Å². The third-order valence-electron chi connectivity index (χ3n) is 6.52. The molecule has 172 valence electrons. The van der Waals surface area contributed by atoms with Crippen molar-refractivity contribution in [2.45, 2.75) is 44.8 Å². The Labute approximate surface area is 197 Å². The zero-order chi connectivity index (χ0) is 23.2. The van der Waals surface area contributed by atoms with Crippen molar-refractivity contribution in [3.8, 4) is 0 Å². The third kappa shape index (κ3) is 3.41. The Bertz CT molecular complexity index is 1690. The van der Waals surface area contributed by atoms with E-state index in [0.29, 0.717) is 21.8 Å². The van der Waals surface area contributed by atoms with E-state index in [1.54, 1.807) is 22.5 Å². The Morgan fingerprint density at radius 2 is 1.79 bits per heavy atom. The van der Waals surface area contributed by atoms with E-state index in [9.17, 15) is 14.4 Å². The van der Waals surface area contributed by atoms with Gasteiger partial charge in [-0.05, 0) is 18.4 Å². The van der Waals surface area contributed by atoms with Crippen LogP contribution in [0, 0.1) is 0 Å². The van der Waals surface area contributed by atoms with Gasteiger partial charge in [-0.3, -0.25) is 23.1 Å². The number of nitrogens with zero attached hydrogens (tertiary/aromatic N) is 6. The molecule has 5 aromatic rings. The minimum atomic E-state index is -0.466. The lowest BCUT2D eigenvalue weighted by Crippen LogP contribution is -2.41. The maximum atomic E-state index is 13.7. The van der Waals surface area contributed by atoms with Crippen LogP contribution in [0.5, 0.6) is 0 Å². The Balaban J connectivity index is 1.56. The highest BCUT2D eigenvalue weighted by molar-refractivity contribution is 7.15. The second-order valence-corrected chi connectivity index (χ2v) is 9.52. The van der Waals surface area contributed by atoms with Gasteiger partial charge in [0, 0.05) is 23.7 Å². The predicted molar refractivity (Wildman–Crippen MR) is 130 cm³/mol. The Morgan fingerprint density at radius 1 is 1.00 bits per heavy atom. The molecule has 0 aliphatic heterocycles. The van der Waals surface area contributed by atoms with Crippen LogP contribution in [0.1, 0.15) is 43.0 Å². The maximum absolute atomic E-state index is 13.7. The first-order valence-electron chi connectivity index (χ1n) is 11.3. The van der Waals surface area contributed by atoms with E-state index < -0.39 is 11.2 Å². The Morgan fingerprint density at radius 3 is 2.59 bits per heavy atom. The van der Waals surface area contributed by atoms with Crippen LogP contribution in [-0.2, 0) is 13.1 Å². The summed E-state index contributed by atoms with van der Waals surface area (Å²) in [6.07, 6.45) is 7.53. The predicted octanol–water partition coefficient (Wildman–Crippen LogP) is 2.64. The largest absolute Gasteiger partial charge is 0.333 e. The molecule has 34 heavy (non-hydrogen) atoms. The van der Waals surface area contributed by atoms with E-state index in [1.165, 1.54) is 26.4 Å². The molecule has 1 aliphatic rings. The first-order valence-corrected chi connectivity index (χ1v) is 12.2. The average molecular weight is 475 g/mol. The van der Waals surface area contributed by atoms with Crippen molar-refractivity contribution in [3.05, 3.63) is 96.8 Å². The zero-order valence-corrected chi connectivity index (χ0v) is 19.1. The fourth-order valence-corrected chi connectivity index (χ4v) is 5.58. The molecular formula is C24H22N6O3S. The fourth-order valence-electron chi connectivity index (χ4n) is 4.84. The van der Waals surface area contributed by atoms with Gasteiger partial charge in [-0.25, -0.2) is 14.8 Å². The van der Waals surface area contributed by atoms with E-state index >= 15 is 0 Å². The van der Waals surface area contributed by atoms with Crippen molar-refractivity contribution >= 4 is 27.5 Å². The summed E-state index contributed by atoms with van der Waals surface area (Å²) in [5.41, 5.74) is 1.02. The number of imidazole rings is 1. The van der Waals surface area contributed by atoms with Gasteiger partial charge in [-0.1, -0.05) is 43.2 Å². The van der Waals surface area contributed by atoms with Gasteiger partial charge >= 0.3 is 5.69 Å². The van der Waals surface area contributed by atoms with Crippen molar-refractivity contribution in [2.75, 3.05) is 0 Å². The molecule has 0 saturated heterocycles. The van der Waals surface area contributed by atoms with Gasteiger partial charge in [0.25, 0.3) is 11.1 Å². The van der Waals surface area contributed by atoms with E-state index in [0.717, 1.165) is 31.2 Å². The monoisotopic (exact) mass is 474 g/mol.